The van der Waals surface area contributed by atoms with Crippen LogP contribution in [0.15, 0.2) is 0 Å². The van der Waals surface area contributed by atoms with Crippen LogP contribution in [0.25, 0.3) is 0 Å². The second kappa shape index (κ2) is 7.37. The van der Waals surface area contributed by atoms with Crippen LogP contribution in [-0.4, -0.2) is 34.1 Å². The van der Waals surface area contributed by atoms with Gasteiger partial charge in [0.25, 0.3) is 0 Å². The zero-order chi connectivity index (χ0) is 10.6. The molecule has 0 aliphatic rings. The first-order valence-electron chi connectivity index (χ1n) is 3.11. The van der Waals surface area contributed by atoms with Gasteiger partial charge >= 0.3 is 22.4 Å². The van der Waals surface area contributed by atoms with Gasteiger partial charge < -0.3 is 40.3 Å². The average molecular weight is 315 g/mol. The Morgan fingerprint density at radius 1 is 1.00 bits per heavy atom. The Morgan fingerprint density at radius 2 is 1.27 bits per heavy atom. The number of carbonyl (C=O) groups is 3. The fourth-order valence-corrected chi connectivity index (χ4v) is 0.684. The number of carboxylic acid groups (broad SMARTS) is 3. The van der Waals surface area contributed by atoms with Gasteiger partial charge in [-0.25, -0.2) is 0 Å². The first-order chi connectivity index (χ1) is 5.78. The predicted octanol–water partition coefficient (Wildman–Crippen LogP) is -6.08. The van der Waals surface area contributed by atoms with Crippen molar-refractivity contribution in [2.45, 2.75) is 18.4 Å². The molecular weight excluding hydrogens is 308 g/mol. The van der Waals surface area contributed by atoms with Crippen LogP contribution in [0, 0.1) is 0 Å². The number of aliphatic hydroxyl groups is 1. The van der Waals surface area contributed by atoms with E-state index in [1.807, 2.05) is 0 Å². The van der Waals surface area contributed by atoms with Crippen LogP contribution in [-0.2, 0) is 36.8 Å². The molecule has 0 aliphatic heterocycles. The van der Waals surface area contributed by atoms with Gasteiger partial charge in [-0.2, -0.15) is 0 Å². The summed E-state index contributed by atoms with van der Waals surface area (Å²) in [7, 11) is 0. The number of hydrogen-bond acceptors (Lipinski definition) is 7. The van der Waals surface area contributed by atoms with E-state index in [9.17, 15) is 29.7 Å². The molecule has 0 bridgehead atoms. The molecule has 3 N–H and O–H groups in total. The van der Waals surface area contributed by atoms with Crippen molar-refractivity contribution in [1.82, 2.24) is 0 Å². The molecule has 8 nitrogen and oxygen atoms in total. The molecule has 0 heterocycles. The number of carboxylic acids is 3. The maximum Gasteiger partial charge on any atom is 3.00 e. The second-order valence-corrected chi connectivity index (χ2v) is 2.42. The van der Waals surface area contributed by atoms with Crippen LogP contribution in [0.1, 0.15) is 12.8 Å². The van der Waals surface area contributed by atoms with Crippen molar-refractivity contribution in [3.63, 3.8) is 0 Å². The monoisotopic (exact) mass is 314 g/mol. The predicted molar refractivity (Wildman–Crippen MR) is 32.8 cm³/mol. The summed E-state index contributed by atoms with van der Waals surface area (Å²) >= 11 is 0. The molecule has 0 rings (SSSR count). The van der Waals surface area contributed by atoms with Gasteiger partial charge in [0, 0.05) is 24.8 Å². The van der Waals surface area contributed by atoms with Crippen LogP contribution in [0.3, 0.4) is 0 Å². The summed E-state index contributed by atoms with van der Waals surface area (Å²) in [5, 5.41) is 38.9. The molecule has 0 aliphatic carbocycles. The summed E-state index contributed by atoms with van der Waals surface area (Å²) in [6, 6.07) is 0. The molecule has 0 atom stereocenters. The second-order valence-electron chi connectivity index (χ2n) is 2.42. The Labute approximate surface area is 99.3 Å². The number of aliphatic carboxylic acids is 3. The Morgan fingerprint density at radius 3 is 1.40 bits per heavy atom. The van der Waals surface area contributed by atoms with Gasteiger partial charge in [0.1, 0.15) is 5.60 Å². The Hall–Kier alpha value is -0.930. The molecule has 0 fully saturated rings. The summed E-state index contributed by atoms with van der Waals surface area (Å²) in [5.41, 5.74) is -2.97. The molecule has 0 saturated carbocycles. The quantitative estimate of drug-likeness (QED) is 0.491. The first kappa shape index (κ1) is 19.6. The zero-order valence-electron chi connectivity index (χ0n) is 7.11. The fraction of sp³-hybridized carbons (Fsp3) is 0.500. The van der Waals surface area contributed by atoms with E-state index in [1.54, 1.807) is 0 Å². The Bertz CT molecular complexity index is 234. The van der Waals surface area contributed by atoms with Gasteiger partial charge in [0.15, 0.2) is 0 Å². The maximum absolute atomic E-state index is 10.1. The Balaban J connectivity index is -0.000000720. The minimum Gasteiger partial charge on any atom is -0.550 e. The summed E-state index contributed by atoms with van der Waals surface area (Å²) in [6.45, 7) is 0. The van der Waals surface area contributed by atoms with Crippen molar-refractivity contribution in [2.75, 3.05) is 0 Å². The first-order valence-corrected chi connectivity index (χ1v) is 3.11. The SMILES string of the molecule is O.O=C([O-])CC(O)(CC(=O)[O-])C(=O)[O-].[Ag+3]. The molecule has 0 amide bonds. The third-order valence-electron chi connectivity index (χ3n) is 1.25. The minimum atomic E-state index is -2.97. The third-order valence-corrected chi connectivity index (χ3v) is 1.25. The van der Waals surface area contributed by atoms with Crippen molar-refractivity contribution < 1.29 is 62.7 Å². The van der Waals surface area contributed by atoms with Crippen molar-refractivity contribution in [1.29, 1.82) is 0 Å². The molecule has 0 spiro atoms. The van der Waals surface area contributed by atoms with Crippen LogP contribution < -0.4 is 15.3 Å². The summed E-state index contributed by atoms with van der Waals surface area (Å²) in [6.07, 6.45) is -2.72. The van der Waals surface area contributed by atoms with Crippen molar-refractivity contribution >= 4 is 17.9 Å². The molecule has 0 aromatic heterocycles. The number of hydrogen-bond donors (Lipinski definition) is 1. The van der Waals surface area contributed by atoms with Gasteiger partial charge in [-0.3, -0.25) is 0 Å². The standard InChI is InChI=1S/C6H8O7.Ag.H2O/c7-3(8)1-6(13,5(11)12)2-4(9)10;;/h13H,1-2H2,(H,7,8)(H,9,10)(H,11,12);;1H2/q;+3;/p-3. The summed E-state index contributed by atoms with van der Waals surface area (Å²) < 4.78 is 0. The van der Waals surface area contributed by atoms with Crippen LogP contribution in [0.2, 0.25) is 0 Å². The van der Waals surface area contributed by atoms with E-state index >= 15 is 0 Å². The fourth-order valence-electron chi connectivity index (χ4n) is 0.684. The normalized spacial score (nSPS) is 9.40. The molecule has 0 radical (unpaired) electrons. The molecule has 0 unspecified atom stereocenters. The molecule has 0 aromatic carbocycles. The summed E-state index contributed by atoms with van der Waals surface area (Å²) in [5.74, 6) is -5.98. The van der Waals surface area contributed by atoms with E-state index in [1.165, 1.54) is 0 Å². The van der Waals surface area contributed by atoms with Crippen molar-refractivity contribution in [3.8, 4) is 0 Å². The van der Waals surface area contributed by atoms with Crippen LogP contribution in [0.5, 0.6) is 0 Å². The molecule has 90 valence electrons. The number of rotatable bonds is 5. The van der Waals surface area contributed by atoms with E-state index in [0.717, 1.165) is 0 Å². The topological polar surface area (TPSA) is 172 Å². The van der Waals surface area contributed by atoms with Crippen molar-refractivity contribution in [2.24, 2.45) is 0 Å². The van der Waals surface area contributed by atoms with Crippen molar-refractivity contribution in [3.05, 3.63) is 0 Å². The molecule has 15 heavy (non-hydrogen) atoms. The number of carbonyl (C=O) groups excluding carboxylic acids is 3. The zero-order valence-corrected chi connectivity index (χ0v) is 8.59. The van der Waals surface area contributed by atoms with Crippen LogP contribution >= 0.6 is 0 Å². The van der Waals surface area contributed by atoms with Gasteiger partial charge in [-0.1, -0.05) is 0 Å². The van der Waals surface area contributed by atoms with Gasteiger partial charge in [0.05, 0.1) is 5.97 Å². The minimum absolute atomic E-state index is 0. The van der Waals surface area contributed by atoms with Gasteiger partial charge in [0.2, 0.25) is 0 Å². The van der Waals surface area contributed by atoms with Crippen LogP contribution in [0.4, 0.5) is 0 Å². The van der Waals surface area contributed by atoms with Gasteiger partial charge in [-0.05, 0) is 0 Å². The molecule has 0 saturated heterocycles. The van der Waals surface area contributed by atoms with E-state index in [-0.39, 0.29) is 27.9 Å². The van der Waals surface area contributed by atoms with E-state index in [2.05, 4.69) is 0 Å². The summed E-state index contributed by atoms with van der Waals surface area (Å²) in [4.78, 5) is 30.0. The average Bonchev–Trinajstić information content (AvgIpc) is 1.82. The molecule has 0 aromatic rings. The Kier molecular flexibility index (Phi) is 9.64. The largest absolute Gasteiger partial charge is 3.00 e. The third kappa shape index (κ3) is 7.05. The smallest absolute Gasteiger partial charge is 0.550 e. The molecular formula is C6H7AgO8. The van der Waals surface area contributed by atoms with E-state index < -0.39 is 36.4 Å². The maximum atomic E-state index is 10.1. The van der Waals surface area contributed by atoms with Gasteiger partial charge in [-0.15, -0.1) is 0 Å². The van der Waals surface area contributed by atoms with E-state index in [0.29, 0.717) is 0 Å². The van der Waals surface area contributed by atoms with E-state index in [4.69, 9.17) is 5.11 Å². The molecule has 9 heteroatoms.